The fourth-order valence-corrected chi connectivity index (χ4v) is 2.31. The topological polar surface area (TPSA) is 72.2 Å². The van der Waals surface area contributed by atoms with E-state index in [2.05, 4.69) is 5.10 Å². The van der Waals surface area contributed by atoms with Crippen LogP contribution in [0, 0.1) is 0 Å². The predicted molar refractivity (Wildman–Crippen MR) is 45.1 cm³/mol. The molecule has 0 fully saturated rings. The molecule has 0 saturated heterocycles. The van der Waals surface area contributed by atoms with Crippen LogP contribution in [0.1, 0.15) is 24.7 Å². The maximum Gasteiger partial charge on any atom is 0.298 e. The third-order valence-electron chi connectivity index (χ3n) is 2.25. The minimum Gasteiger partial charge on any atom is -0.282 e. The largest absolute Gasteiger partial charge is 0.298 e. The lowest BCUT2D eigenvalue weighted by molar-refractivity contribution is 0.254. The van der Waals surface area contributed by atoms with Crippen molar-refractivity contribution in [2.24, 2.45) is 0 Å². The third-order valence-corrected chi connectivity index (χ3v) is 3.12. The van der Waals surface area contributed by atoms with Crippen molar-refractivity contribution in [3.8, 4) is 0 Å². The second kappa shape index (κ2) is 3.03. The zero-order valence-electron chi connectivity index (χ0n) is 7.22. The first-order valence-corrected chi connectivity index (χ1v) is 5.61. The zero-order chi connectivity index (χ0) is 10.3. The van der Waals surface area contributed by atoms with Gasteiger partial charge in [-0.05, 0) is 12.8 Å². The molecule has 1 N–H and O–H groups in total. The summed E-state index contributed by atoms with van der Waals surface area (Å²) in [5.74, 6) is 0. The number of alkyl halides is 1. The van der Waals surface area contributed by atoms with Crippen LogP contribution in [-0.2, 0) is 16.7 Å². The molecule has 0 amide bonds. The second-order valence-electron chi connectivity index (χ2n) is 3.20. The maximum atomic E-state index is 13.4. The van der Waals surface area contributed by atoms with E-state index in [9.17, 15) is 12.8 Å². The van der Waals surface area contributed by atoms with E-state index in [0.29, 0.717) is 13.0 Å². The van der Waals surface area contributed by atoms with Crippen LogP contribution < -0.4 is 0 Å². The molecule has 7 heteroatoms. The lowest BCUT2D eigenvalue weighted by Gasteiger charge is -2.17. The highest BCUT2D eigenvalue weighted by Crippen LogP contribution is 2.32. The molecule has 0 aliphatic carbocycles. The van der Waals surface area contributed by atoms with E-state index >= 15 is 0 Å². The molecule has 1 aromatic rings. The van der Waals surface area contributed by atoms with Crippen LogP contribution >= 0.6 is 0 Å². The number of hydrogen-bond donors (Lipinski definition) is 1. The molecule has 1 aliphatic heterocycles. The molecule has 1 unspecified atom stereocenters. The molecule has 0 saturated carbocycles. The summed E-state index contributed by atoms with van der Waals surface area (Å²) in [5.41, 5.74) is -0.0289. The summed E-state index contributed by atoms with van der Waals surface area (Å²) in [4.78, 5) is -0.412. The smallest absolute Gasteiger partial charge is 0.282 e. The van der Waals surface area contributed by atoms with E-state index in [1.807, 2.05) is 0 Å². The zero-order valence-corrected chi connectivity index (χ0v) is 8.04. The minimum absolute atomic E-state index is 0.0289. The van der Waals surface area contributed by atoms with Crippen molar-refractivity contribution in [2.75, 3.05) is 0 Å². The van der Waals surface area contributed by atoms with Crippen molar-refractivity contribution in [1.82, 2.24) is 9.78 Å². The Labute approximate surface area is 80.3 Å². The van der Waals surface area contributed by atoms with E-state index < -0.39 is 21.2 Å². The molecule has 1 aliphatic rings. The quantitative estimate of drug-likeness (QED) is 0.715. The van der Waals surface area contributed by atoms with Gasteiger partial charge in [-0.25, -0.2) is 4.39 Å². The second-order valence-corrected chi connectivity index (χ2v) is 4.59. The number of fused-ring (bicyclic) bond motifs is 1. The van der Waals surface area contributed by atoms with E-state index in [0.717, 1.165) is 6.20 Å². The minimum atomic E-state index is -4.36. The first-order valence-electron chi connectivity index (χ1n) is 4.17. The van der Waals surface area contributed by atoms with Crippen LogP contribution in [0.25, 0.3) is 0 Å². The Bertz CT molecular complexity index is 454. The van der Waals surface area contributed by atoms with Gasteiger partial charge in [-0.15, -0.1) is 0 Å². The van der Waals surface area contributed by atoms with E-state index in [-0.39, 0.29) is 12.1 Å². The summed E-state index contributed by atoms with van der Waals surface area (Å²) in [6, 6.07) is 0. The Morgan fingerprint density at radius 1 is 1.64 bits per heavy atom. The van der Waals surface area contributed by atoms with Gasteiger partial charge in [0.05, 0.1) is 11.9 Å². The predicted octanol–water partition coefficient (Wildman–Crippen LogP) is 0.934. The molecule has 1 aromatic heterocycles. The lowest BCUT2D eigenvalue weighted by Crippen LogP contribution is -2.16. The Morgan fingerprint density at radius 2 is 2.36 bits per heavy atom. The highest BCUT2D eigenvalue weighted by atomic mass is 32.2. The van der Waals surface area contributed by atoms with Crippen molar-refractivity contribution in [1.29, 1.82) is 0 Å². The standard InChI is InChI=1S/C7H9FN2O3S/c8-5-2-1-3-10-7(5)6(4-9-10)14(11,12)13/h4-5H,1-3H2,(H,11,12,13). The average Bonchev–Trinajstić information content (AvgIpc) is 2.47. The van der Waals surface area contributed by atoms with Gasteiger partial charge < -0.3 is 0 Å². The Morgan fingerprint density at radius 3 is 3.00 bits per heavy atom. The summed E-state index contributed by atoms with van der Waals surface area (Å²) in [6.07, 6.45) is 0.528. The Hall–Kier alpha value is -0.950. The number of nitrogens with zero attached hydrogens (tertiary/aromatic N) is 2. The Kier molecular flexibility index (Phi) is 2.07. The lowest BCUT2D eigenvalue weighted by atomic mass is 10.1. The molecular weight excluding hydrogens is 211 g/mol. The van der Waals surface area contributed by atoms with Gasteiger partial charge in [-0.1, -0.05) is 0 Å². The monoisotopic (exact) mass is 220 g/mol. The number of halogens is 1. The van der Waals surface area contributed by atoms with Gasteiger partial charge in [-0.2, -0.15) is 13.5 Å². The maximum absolute atomic E-state index is 13.4. The SMILES string of the molecule is O=S(=O)(O)c1cnn2c1C(F)CCC2. The van der Waals surface area contributed by atoms with Crippen LogP contribution in [0.15, 0.2) is 11.1 Å². The molecule has 2 rings (SSSR count). The third kappa shape index (κ3) is 1.42. The van der Waals surface area contributed by atoms with Crippen molar-refractivity contribution in [2.45, 2.75) is 30.5 Å². The van der Waals surface area contributed by atoms with Gasteiger partial charge in [0.15, 0.2) is 0 Å². The van der Waals surface area contributed by atoms with Gasteiger partial charge in [0.2, 0.25) is 0 Å². The van der Waals surface area contributed by atoms with Crippen molar-refractivity contribution in [3.63, 3.8) is 0 Å². The van der Waals surface area contributed by atoms with Crippen LogP contribution in [0.2, 0.25) is 0 Å². The molecule has 2 heterocycles. The van der Waals surface area contributed by atoms with Crippen LogP contribution in [0.4, 0.5) is 4.39 Å². The molecule has 0 spiro atoms. The van der Waals surface area contributed by atoms with E-state index in [4.69, 9.17) is 4.55 Å². The Balaban J connectivity index is 2.60. The average molecular weight is 220 g/mol. The summed E-state index contributed by atoms with van der Waals surface area (Å²) in [6.45, 7) is 0.491. The van der Waals surface area contributed by atoms with Gasteiger partial charge >= 0.3 is 0 Å². The summed E-state index contributed by atoms with van der Waals surface area (Å²) < 4.78 is 45.2. The van der Waals surface area contributed by atoms with Crippen molar-refractivity contribution < 1.29 is 17.4 Å². The summed E-state index contributed by atoms with van der Waals surface area (Å²) in [7, 11) is -4.36. The fraction of sp³-hybridized carbons (Fsp3) is 0.571. The van der Waals surface area contributed by atoms with E-state index in [1.165, 1.54) is 4.68 Å². The van der Waals surface area contributed by atoms with Crippen LogP contribution in [-0.4, -0.2) is 22.8 Å². The molecule has 0 aromatic carbocycles. The fourth-order valence-electron chi connectivity index (χ4n) is 1.63. The number of rotatable bonds is 1. The molecule has 0 radical (unpaired) electrons. The highest BCUT2D eigenvalue weighted by Gasteiger charge is 2.29. The van der Waals surface area contributed by atoms with Crippen LogP contribution in [0.3, 0.4) is 0 Å². The molecule has 0 bridgehead atoms. The normalized spacial score (nSPS) is 22.0. The first-order chi connectivity index (χ1) is 6.50. The highest BCUT2D eigenvalue weighted by molar-refractivity contribution is 7.85. The summed E-state index contributed by atoms with van der Waals surface area (Å²) >= 11 is 0. The van der Waals surface area contributed by atoms with Gasteiger partial charge in [0, 0.05) is 6.54 Å². The first kappa shape index (κ1) is 9.60. The summed E-state index contributed by atoms with van der Waals surface area (Å²) in [5, 5.41) is 3.71. The van der Waals surface area contributed by atoms with E-state index in [1.54, 1.807) is 0 Å². The van der Waals surface area contributed by atoms with Crippen molar-refractivity contribution >= 4 is 10.1 Å². The molecule has 14 heavy (non-hydrogen) atoms. The van der Waals surface area contributed by atoms with Gasteiger partial charge in [-0.3, -0.25) is 9.23 Å². The number of hydrogen-bond acceptors (Lipinski definition) is 3. The van der Waals surface area contributed by atoms with Gasteiger partial charge in [0.1, 0.15) is 11.1 Å². The number of aromatic nitrogens is 2. The molecule has 1 atom stereocenters. The van der Waals surface area contributed by atoms with Crippen LogP contribution in [0.5, 0.6) is 0 Å². The van der Waals surface area contributed by atoms with Gasteiger partial charge in [0.25, 0.3) is 10.1 Å². The van der Waals surface area contributed by atoms with Crippen molar-refractivity contribution in [3.05, 3.63) is 11.9 Å². The molecule has 78 valence electrons. The molecule has 5 nitrogen and oxygen atoms in total. The molecular formula is C7H9FN2O3S. The number of aryl methyl sites for hydroxylation is 1.